The molecule has 1 aliphatic rings. The summed E-state index contributed by atoms with van der Waals surface area (Å²) < 4.78 is 0. The van der Waals surface area contributed by atoms with Crippen molar-refractivity contribution in [1.29, 1.82) is 0 Å². The van der Waals surface area contributed by atoms with Crippen LogP contribution in [-0.4, -0.2) is 40.0 Å². The van der Waals surface area contributed by atoms with Crippen LogP contribution >= 0.6 is 0 Å². The summed E-state index contributed by atoms with van der Waals surface area (Å²) in [6, 6.07) is 3.76. The zero-order valence-electron chi connectivity index (χ0n) is 11.0. The molecule has 1 fully saturated rings. The number of carboxylic acids is 1. The molecule has 1 atom stereocenters. The summed E-state index contributed by atoms with van der Waals surface area (Å²) in [6.07, 6.45) is 3.41. The minimum absolute atomic E-state index is 0.0170. The van der Waals surface area contributed by atoms with Gasteiger partial charge >= 0.3 is 5.97 Å². The maximum atomic E-state index is 12.1. The number of aromatic nitrogens is 1. The lowest BCUT2D eigenvalue weighted by molar-refractivity contribution is -0.145. The molecular formula is C14H18N2O3. The molecule has 1 N–H and O–H groups in total. The number of aryl methyl sites for hydroxylation is 1. The van der Waals surface area contributed by atoms with Gasteiger partial charge in [-0.25, -0.2) is 0 Å². The number of amides is 1. The highest BCUT2D eigenvalue weighted by molar-refractivity contribution is 5.80. The number of aliphatic carboxylic acids is 1. The average molecular weight is 262 g/mol. The fourth-order valence-electron chi connectivity index (χ4n) is 2.29. The fourth-order valence-corrected chi connectivity index (χ4v) is 2.29. The number of rotatable bonds is 3. The van der Waals surface area contributed by atoms with Gasteiger partial charge in [0.2, 0.25) is 5.91 Å². The second-order valence-corrected chi connectivity index (χ2v) is 5.00. The lowest BCUT2D eigenvalue weighted by atomic mass is 9.98. The smallest absolute Gasteiger partial charge is 0.308 e. The second-order valence-electron chi connectivity index (χ2n) is 5.00. The van der Waals surface area contributed by atoms with Gasteiger partial charge in [-0.05, 0) is 31.4 Å². The first kappa shape index (κ1) is 13.5. The monoisotopic (exact) mass is 262 g/mol. The standard InChI is InChI=1S/C14H18N2O3/c1-10-4-5-11(8-15-10)7-13(17)16-6-2-3-12(9-16)14(18)19/h4-5,8,12H,2-3,6-7,9H2,1H3,(H,18,19)/t12-/m0/s1. The van der Waals surface area contributed by atoms with Crippen LogP contribution in [0.25, 0.3) is 0 Å². The maximum absolute atomic E-state index is 12.1. The third-order valence-corrected chi connectivity index (χ3v) is 3.45. The number of likely N-dealkylation sites (tertiary alicyclic amines) is 1. The van der Waals surface area contributed by atoms with Crippen LogP contribution in [0.2, 0.25) is 0 Å². The molecule has 2 heterocycles. The molecule has 0 radical (unpaired) electrons. The van der Waals surface area contributed by atoms with Gasteiger partial charge < -0.3 is 10.0 Å². The van der Waals surface area contributed by atoms with Gasteiger partial charge in [-0.15, -0.1) is 0 Å². The Morgan fingerprint density at radius 1 is 1.47 bits per heavy atom. The lowest BCUT2D eigenvalue weighted by Gasteiger charge is -2.30. The molecule has 1 aliphatic heterocycles. The number of carbonyl (C=O) groups is 2. The molecule has 2 rings (SSSR count). The van der Waals surface area contributed by atoms with Crippen molar-refractivity contribution in [3.63, 3.8) is 0 Å². The van der Waals surface area contributed by atoms with Gasteiger partial charge in [0, 0.05) is 25.0 Å². The van der Waals surface area contributed by atoms with Gasteiger partial charge in [0.15, 0.2) is 0 Å². The number of hydrogen-bond donors (Lipinski definition) is 1. The van der Waals surface area contributed by atoms with E-state index >= 15 is 0 Å². The Kier molecular flexibility index (Phi) is 4.14. The number of hydrogen-bond acceptors (Lipinski definition) is 3. The molecule has 0 saturated carbocycles. The molecule has 0 aromatic carbocycles. The lowest BCUT2D eigenvalue weighted by Crippen LogP contribution is -2.43. The average Bonchev–Trinajstić information content (AvgIpc) is 2.41. The van der Waals surface area contributed by atoms with Gasteiger partial charge in [-0.1, -0.05) is 6.07 Å². The van der Waals surface area contributed by atoms with Crippen molar-refractivity contribution in [3.8, 4) is 0 Å². The summed E-state index contributed by atoms with van der Waals surface area (Å²) in [5, 5.41) is 9.01. The highest BCUT2D eigenvalue weighted by Crippen LogP contribution is 2.17. The van der Waals surface area contributed by atoms with Crippen LogP contribution in [0, 0.1) is 12.8 Å². The van der Waals surface area contributed by atoms with Crippen LogP contribution < -0.4 is 0 Å². The van der Waals surface area contributed by atoms with Crippen molar-refractivity contribution in [3.05, 3.63) is 29.6 Å². The summed E-state index contributed by atoms with van der Waals surface area (Å²) in [4.78, 5) is 28.9. The first-order valence-electron chi connectivity index (χ1n) is 6.48. The molecule has 102 valence electrons. The molecule has 1 amide bonds. The van der Waals surface area contributed by atoms with Crippen molar-refractivity contribution in [2.24, 2.45) is 5.92 Å². The number of carboxylic acid groups (broad SMARTS) is 1. The van der Waals surface area contributed by atoms with Crippen molar-refractivity contribution in [2.45, 2.75) is 26.2 Å². The minimum atomic E-state index is -0.811. The quantitative estimate of drug-likeness (QED) is 0.890. The number of piperidine rings is 1. The zero-order chi connectivity index (χ0) is 13.8. The van der Waals surface area contributed by atoms with Gasteiger partial charge in [0.05, 0.1) is 12.3 Å². The summed E-state index contributed by atoms with van der Waals surface area (Å²) >= 11 is 0. The van der Waals surface area contributed by atoms with Crippen LogP contribution in [0.4, 0.5) is 0 Å². The molecule has 1 saturated heterocycles. The second kappa shape index (κ2) is 5.82. The van der Waals surface area contributed by atoms with Crippen molar-refractivity contribution >= 4 is 11.9 Å². The van der Waals surface area contributed by atoms with E-state index in [0.717, 1.165) is 17.7 Å². The molecule has 5 heteroatoms. The number of carbonyl (C=O) groups excluding carboxylic acids is 1. The Morgan fingerprint density at radius 3 is 2.89 bits per heavy atom. The molecule has 0 bridgehead atoms. The Balaban J connectivity index is 1.96. The van der Waals surface area contributed by atoms with E-state index in [9.17, 15) is 9.59 Å². The Hall–Kier alpha value is -1.91. The molecule has 0 aliphatic carbocycles. The van der Waals surface area contributed by atoms with Gasteiger partial charge in [0.25, 0.3) is 0 Å². The van der Waals surface area contributed by atoms with Crippen LogP contribution in [0.3, 0.4) is 0 Å². The third-order valence-electron chi connectivity index (χ3n) is 3.45. The fraction of sp³-hybridized carbons (Fsp3) is 0.500. The predicted octanol–water partition coefficient (Wildman–Crippen LogP) is 1.26. The van der Waals surface area contributed by atoms with Crippen molar-refractivity contribution in [1.82, 2.24) is 9.88 Å². The molecule has 0 unspecified atom stereocenters. The largest absolute Gasteiger partial charge is 0.481 e. The van der Waals surface area contributed by atoms with E-state index in [4.69, 9.17) is 5.11 Å². The van der Waals surface area contributed by atoms with E-state index in [-0.39, 0.29) is 5.91 Å². The van der Waals surface area contributed by atoms with E-state index in [2.05, 4.69) is 4.98 Å². The molecule has 5 nitrogen and oxygen atoms in total. The first-order valence-corrected chi connectivity index (χ1v) is 6.48. The number of nitrogens with zero attached hydrogens (tertiary/aromatic N) is 2. The summed E-state index contributed by atoms with van der Waals surface area (Å²) in [7, 11) is 0. The third kappa shape index (κ3) is 3.53. The molecular weight excluding hydrogens is 244 g/mol. The van der Waals surface area contributed by atoms with Gasteiger partial charge in [0.1, 0.15) is 0 Å². The van der Waals surface area contributed by atoms with E-state index < -0.39 is 11.9 Å². The van der Waals surface area contributed by atoms with E-state index in [1.165, 1.54) is 0 Å². The van der Waals surface area contributed by atoms with E-state index in [1.807, 2.05) is 19.1 Å². The van der Waals surface area contributed by atoms with Crippen LogP contribution in [-0.2, 0) is 16.0 Å². The van der Waals surface area contributed by atoms with Gasteiger partial charge in [-0.2, -0.15) is 0 Å². The Bertz CT molecular complexity index is 470. The normalized spacial score (nSPS) is 19.2. The Morgan fingerprint density at radius 2 is 2.26 bits per heavy atom. The van der Waals surface area contributed by atoms with E-state index in [1.54, 1.807) is 11.1 Å². The molecule has 1 aromatic rings. The highest BCUT2D eigenvalue weighted by atomic mass is 16.4. The van der Waals surface area contributed by atoms with Crippen molar-refractivity contribution in [2.75, 3.05) is 13.1 Å². The minimum Gasteiger partial charge on any atom is -0.481 e. The molecule has 19 heavy (non-hydrogen) atoms. The van der Waals surface area contributed by atoms with Crippen LogP contribution in [0.1, 0.15) is 24.1 Å². The van der Waals surface area contributed by atoms with E-state index in [0.29, 0.717) is 25.9 Å². The summed E-state index contributed by atoms with van der Waals surface area (Å²) in [6.45, 7) is 2.88. The Labute approximate surface area is 112 Å². The van der Waals surface area contributed by atoms with Gasteiger partial charge in [-0.3, -0.25) is 14.6 Å². The molecule has 1 aromatic heterocycles. The zero-order valence-corrected chi connectivity index (χ0v) is 11.0. The SMILES string of the molecule is Cc1ccc(CC(=O)N2CCC[C@H](C(=O)O)C2)cn1. The van der Waals surface area contributed by atoms with Crippen LogP contribution in [0.5, 0.6) is 0 Å². The van der Waals surface area contributed by atoms with Crippen LogP contribution in [0.15, 0.2) is 18.3 Å². The van der Waals surface area contributed by atoms with Crippen molar-refractivity contribution < 1.29 is 14.7 Å². The first-order chi connectivity index (χ1) is 9.06. The maximum Gasteiger partial charge on any atom is 0.308 e. The summed E-state index contributed by atoms with van der Waals surface area (Å²) in [5.41, 5.74) is 1.79. The predicted molar refractivity (Wildman–Crippen MR) is 69.6 cm³/mol. The number of pyridine rings is 1. The topological polar surface area (TPSA) is 70.5 Å². The molecule has 0 spiro atoms. The summed E-state index contributed by atoms with van der Waals surface area (Å²) in [5.74, 6) is -1.25. The highest BCUT2D eigenvalue weighted by Gasteiger charge is 2.27.